The van der Waals surface area contributed by atoms with Gasteiger partial charge in [-0.2, -0.15) is 0 Å². The van der Waals surface area contributed by atoms with Crippen molar-refractivity contribution in [2.24, 2.45) is 0 Å². The minimum atomic E-state index is -1.18. The Morgan fingerprint density at radius 1 is 1.08 bits per heavy atom. The molecular formula is C18H17NO5. The molecule has 0 aliphatic carbocycles. The summed E-state index contributed by atoms with van der Waals surface area (Å²) in [7, 11) is 0. The van der Waals surface area contributed by atoms with E-state index in [-0.39, 0.29) is 17.1 Å². The number of carbonyl (C=O) groups is 1. The monoisotopic (exact) mass is 327 g/mol. The maximum Gasteiger partial charge on any atom is 0.371 e. The molecule has 0 bridgehead atoms. The molecule has 2 heterocycles. The molecule has 0 fully saturated rings. The zero-order valence-corrected chi connectivity index (χ0v) is 13.4. The van der Waals surface area contributed by atoms with Gasteiger partial charge in [-0.15, -0.1) is 0 Å². The SMILES string of the molecule is CCN(CC)c1ccc2cc(-c3ccc(C(=O)O)o3)c(=O)oc2c1. The topological polar surface area (TPSA) is 83.9 Å². The van der Waals surface area contributed by atoms with E-state index in [0.29, 0.717) is 5.58 Å². The van der Waals surface area contributed by atoms with Crippen LogP contribution < -0.4 is 10.5 Å². The van der Waals surface area contributed by atoms with Gasteiger partial charge in [-0.25, -0.2) is 9.59 Å². The fourth-order valence-corrected chi connectivity index (χ4v) is 2.65. The third kappa shape index (κ3) is 2.78. The lowest BCUT2D eigenvalue weighted by Gasteiger charge is -2.20. The number of aromatic carboxylic acids is 1. The quantitative estimate of drug-likeness (QED) is 0.721. The van der Waals surface area contributed by atoms with Crippen molar-refractivity contribution in [1.82, 2.24) is 0 Å². The Morgan fingerprint density at radius 2 is 1.83 bits per heavy atom. The van der Waals surface area contributed by atoms with Crippen LogP contribution in [0, 0.1) is 0 Å². The molecule has 2 aromatic heterocycles. The number of hydrogen-bond donors (Lipinski definition) is 1. The van der Waals surface area contributed by atoms with Gasteiger partial charge in [0.1, 0.15) is 16.9 Å². The molecule has 0 spiro atoms. The highest BCUT2D eigenvalue weighted by molar-refractivity contribution is 5.86. The molecule has 0 aliphatic rings. The standard InChI is InChI=1S/C18H17NO5/c1-3-19(4-2)12-6-5-11-9-13(18(22)24-16(11)10-12)14-7-8-15(23-14)17(20)21/h5-10H,3-4H2,1-2H3,(H,20,21). The molecule has 0 saturated heterocycles. The van der Waals surface area contributed by atoms with Crippen molar-refractivity contribution in [2.45, 2.75) is 13.8 Å². The van der Waals surface area contributed by atoms with Crippen molar-refractivity contribution in [3.05, 3.63) is 52.6 Å². The molecule has 0 amide bonds. The van der Waals surface area contributed by atoms with Gasteiger partial charge in [-0.05, 0) is 44.2 Å². The van der Waals surface area contributed by atoms with E-state index in [9.17, 15) is 9.59 Å². The van der Waals surface area contributed by atoms with Gasteiger partial charge < -0.3 is 18.8 Å². The summed E-state index contributed by atoms with van der Waals surface area (Å²) in [6.45, 7) is 5.83. The number of nitrogens with zero attached hydrogens (tertiary/aromatic N) is 1. The number of carboxylic acid groups (broad SMARTS) is 1. The number of anilines is 1. The number of rotatable bonds is 5. The van der Waals surface area contributed by atoms with Gasteiger partial charge >= 0.3 is 11.6 Å². The van der Waals surface area contributed by atoms with Crippen LogP contribution in [0.25, 0.3) is 22.3 Å². The zero-order chi connectivity index (χ0) is 17.3. The van der Waals surface area contributed by atoms with E-state index in [4.69, 9.17) is 13.9 Å². The summed E-state index contributed by atoms with van der Waals surface area (Å²) in [6.07, 6.45) is 0. The van der Waals surface area contributed by atoms with Crippen LogP contribution in [0.2, 0.25) is 0 Å². The predicted molar refractivity (Wildman–Crippen MR) is 90.7 cm³/mol. The molecule has 124 valence electrons. The minimum absolute atomic E-state index is 0.177. The van der Waals surface area contributed by atoms with Crippen molar-refractivity contribution in [3.8, 4) is 11.3 Å². The number of carboxylic acids is 1. The van der Waals surface area contributed by atoms with Crippen molar-refractivity contribution >= 4 is 22.6 Å². The molecule has 6 nitrogen and oxygen atoms in total. The largest absolute Gasteiger partial charge is 0.475 e. The van der Waals surface area contributed by atoms with Crippen LogP contribution in [0.3, 0.4) is 0 Å². The van der Waals surface area contributed by atoms with Gasteiger partial charge in [0.25, 0.3) is 0 Å². The van der Waals surface area contributed by atoms with Gasteiger partial charge in [0.05, 0.1) is 0 Å². The highest BCUT2D eigenvalue weighted by Crippen LogP contribution is 2.26. The summed E-state index contributed by atoms with van der Waals surface area (Å²) in [5.41, 5.74) is 1.10. The van der Waals surface area contributed by atoms with Crippen molar-refractivity contribution in [3.63, 3.8) is 0 Å². The van der Waals surface area contributed by atoms with E-state index < -0.39 is 11.6 Å². The summed E-state index contributed by atoms with van der Waals surface area (Å²) in [5.74, 6) is -1.23. The predicted octanol–water partition coefficient (Wildman–Crippen LogP) is 3.60. The Morgan fingerprint density at radius 3 is 2.46 bits per heavy atom. The second-order valence-corrected chi connectivity index (χ2v) is 5.31. The Kier molecular flexibility index (Phi) is 4.12. The highest BCUT2D eigenvalue weighted by Gasteiger charge is 2.15. The van der Waals surface area contributed by atoms with E-state index >= 15 is 0 Å². The zero-order valence-electron chi connectivity index (χ0n) is 13.4. The van der Waals surface area contributed by atoms with Crippen LogP contribution in [0.1, 0.15) is 24.4 Å². The van der Waals surface area contributed by atoms with E-state index in [1.807, 2.05) is 18.2 Å². The maximum atomic E-state index is 12.2. The second-order valence-electron chi connectivity index (χ2n) is 5.31. The van der Waals surface area contributed by atoms with Gasteiger partial charge in [-0.1, -0.05) is 0 Å². The fourth-order valence-electron chi connectivity index (χ4n) is 2.65. The van der Waals surface area contributed by atoms with Crippen LogP contribution >= 0.6 is 0 Å². The van der Waals surface area contributed by atoms with Crippen LogP contribution in [-0.4, -0.2) is 24.2 Å². The van der Waals surface area contributed by atoms with Gasteiger partial charge in [0.2, 0.25) is 5.76 Å². The van der Waals surface area contributed by atoms with Crippen LogP contribution in [0.4, 0.5) is 5.69 Å². The van der Waals surface area contributed by atoms with Gasteiger partial charge in [0, 0.05) is 30.2 Å². The van der Waals surface area contributed by atoms with Gasteiger partial charge in [-0.3, -0.25) is 0 Å². The van der Waals surface area contributed by atoms with Gasteiger partial charge in [0.15, 0.2) is 0 Å². The van der Waals surface area contributed by atoms with Crippen LogP contribution in [0.15, 0.2) is 50.0 Å². The lowest BCUT2D eigenvalue weighted by molar-refractivity contribution is 0.0663. The average molecular weight is 327 g/mol. The minimum Gasteiger partial charge on any atom is -0.475 e. The Balaban J connectivity index is 2.08. The summed E-state index contributed by atoms with van der Waals surface area (Å²) < 4.78 is 10.6. The molecule has 0 unspecified atom stereocenters. The first kappa shape index (κ1) is 15.9. The number of benzene rings is 1. The first-order chi connectivity index (χ1) is 11.5. The molecule has 1 aromatic carbocycles. The van der Waals surface area contributed by atoms with Crippen molar-refractivity contribution in [2.75, 3.05) is 18.0 Å². The Bertz CT molecular complexity index is 949. The van der Waals surface area contributed by atoms with Crippen molar-refractivity contribution < 1.29 is 18.7 Å². The lowest BCUT2D eigenvalue weighted by Crippen LogP contribution is -2.21. The molecule has 3 rings (SSSR count). The Hall–Kier alpha value is -3.02. The molecule has 6 heteroatoms. The molecule has 0 saturated carbocycles. The Labute approximate surface area is 137 Å². The third-order valence-electron chi connectivity index (χ3n) is 3.93. The number of hydrogen-bond acceptors (Lipinski definition) is 5. The van der Waals surface area contributed by atoms with E-state index in [2.05, 4.69) is 18.7 Å². The highest BCUT2D eigenvalue weighted by atomic mass is 16.4. The van der Waals surface area contributed by atoms with E-state index in [1.54, 1.807) is 6.07 Å². The smallest absolute Gasteiger partial charge is 0.371 e. The molecular weight excluding hydrogens is 310 g/mol. The lowest BCUT2D eigenvalue weighted by atomic mass is 10.1. The number of fused-ring (bicyclic) bond motifs is 1. The second kappa shape index (κ2) is 6.23. The molecule has 0 aliphatic heterocycles. The van der Waals surface area contributed by atoms with E-state index in [1.165, 1.54) is 12.1 Å². The van der Waals surface area contributed by atoms with Crippen molar-refractivity contribution in [1.29, 1.82) is 0 Å². The third-order valence-corrected chi connectivity index (χ3v) is 3.93. The molecule has 0 radical (unpaired) electrons. The fraction of sp³-hybridized carbons (Fsp3) is 0.222. The molecule has 1 N–H and O–H groups in total. The molecule has 3 aromatic rings. The summed E-state index contributed by atoms with van der Waals surface area (Å²) in [5, 5.41) is 9.66. The first-order valence-corrected chi connectivity index (χ1v) is 7.69. The molecule has 24 heavy (non-hydrogen) atoms. The average Bonchev–Trinajstić information content (AvgIpc) is 3.05. The van der Waals surface area contributed by atoms with Crippen LogP contribution in [-0.2, 0) is 0 Å². The molecule has 0 atom stereocenters. The van der Waals surface area contributed by atoms with Crippen LogP contribution in [0.5, 0.6) is 0 Å². The maximum absolute atomic E-state index is 12.2. The first-order valence-electron chi connectivity index (χ1n) is 7.69. The normalized spacial score (nSPS) is 10.9. The summed E-state index contributed by atoms with van der Waals surface area (Å²) in [4.78, 5) is 25.3. The summed E-state index contributed by atoms with van der Waals surface area (Å²) >= 11 is 0. The summed E-state index contributed by atoms with van der Waals surface area (Å²) in [6, 6.07) is 10.1. The van der Waals surface area contributed by atoms with E-state index in [0.717, 1.165) is 24.2 Å². The number of furan rings is 1.